The summed E-state index contributed by atoms with van der Waals surface area (Å²) >= 11 is 0. The van der Waals surface area contributed by atoms with E-state index >= 15 is 0 Å². The molecule has 0 aliphatic heterocycles. The van der Waals surface area contributed by atoms with Gasteiger partial charge in [0.25, 0.3) is 0 Å². The van der Waals surface area contributed by atoms with Gasteiger partial charge >= 0.3 is 5.97 Å². The Balaban J connectivity index is 1.69. The highest BCUT2D eigenvalue weighted by atomic mass is 19.1. The van der Waals surface area contributed by atoms with Crippen molar-refractivity contribution in [3.05, 3.63) is 53.6 Å². The van der Waals surface area contributed by atoms with Crippen molar-refractivity contribution in [2.75, 3.05) is 0 Å². The molecule has 0 heterocycles. The van der Waals surface area contributed by atoms with Crippen molar-refractivity contribution in [2.24, 2.45) is 11.8 Å². The predicted octanol–water partition coefficient (Wildman–Crippen LogP) is 5.67. The molecule has 4 heteroatoms. The fourth-order valence-corrected chi connectivity index (χ4v) is 3.22. The highest BCUT2D eigenvalue weighted by Gasteiger charge is 2.25. The molecular formula is C21H22F2O2. The van der Waals surface area contributed by atoms with Crippen LogP contribution in [-0.4, -0.2) is 5.97 Å². The van der Waals surface area contributed by atoms with Crippen LogP contribution in [-0.2, 0) is 4.79 Å². The third kappa shape index (κ3) is 4.06. The van der Waals surface area contributed by atoms with E-state index in [9.17, 15) is 13.6 Å². The Morgan fingerprint density at radius 3 is 2.08 bits per heavy atom. The van der Waals surface area contributed by atoms with Gasteiger partial charge in [0.15, 0.2) is 0 Å². The van der Waals surface area contributed by atoms with E-state index in [0.717, 1.165) is 25.7 Å². The number of rotatable bonds is 3. The number of halogens is 2. The number of ether oxygens (including phenoxy) is 1. The molecule has 0 aromatic heterocycles. The van der Waals surface area contributed by atoms with E-state index in [1.54, 1.807) is 24.3 Å². The van der Waals surface area contributed by atoms with Crippen molar-refractivity contribution in [1.29, 1.82) is 0 Å². The van der Waals surface area contributed by atoms with Crippen LogP contribution in [0.5, 0.6) is 5.75 Å². The number of carbonyl (C=O) groups is 1. The maximum absolute atomic E-state index is 13.7. The van der Waals surface area contributed by atoms with E-state index in [1.807, 2.05) is 0 Å². The van der Waals surface area contributed by atoms with Crippen LogP contribution in [0.3, 0.4) is 0 Å². The Bertz CT molecular complexity index is 737. The molecule has 3 rings (SSSR count). The molecule has 0 unspecified atom stereocenters. The van der Waals surface area contributed by atoms with Crippen LogP contribution in [0.25, 0.3) is 11.1 Å². The van der Waals surface area contributed by atoms with Crippen molar-refractivity contribution in [3.8, 4) is 16.9 Å². The number of benzene rings is 2. The molecule has 2 aromatic carbocycles. The van der Waals surface area contributed by atoms with Gasteiger partial charge in [0, 0.05) is 5.56 Å². The van der Waals surface area contributed by atoms with E-state index in [1.165, 1.54) is 19.1 Å². The fraction of sp³-hybridized carbons (Fsp3) is 0.381. The monoisotopic (exact) mass is 344 g/mol. The molecule has 2 nitrogen and oxygen atoms in total. The molecule has 25 heavy (non-hydrogen) atoms. The number of hydrogen-bond donors (Lipinski definition) is 0. The minimum Gasteiger partial charge on any atom is -0.426 e. The van der Waals surface area contributed by atoms with Crippen molar-refractivity contribution in [1.82, 2.24) is 0 Å². The number of esters is 1. The first-order chi connectivity index (χ1) is 11.9. The third-order valence-electron chi connectivity index (χ3n) is 5.04. The zero-order chi connectivity index (χ0) is 18.0. The van der Waals surface area contributed by atoms with Crippen molar-refractivity contribution in [2.45, 2.75) is 39.5 Å². The quantitative estimate of drug-likeness (QED) is 0.529. The SMILES string of the molecule is Cc1c(F)cc(-c2ccc(OC(=O)C3CCC(C)CC3)cc2)cc1F. The lowest BCUT2D eigenvalue weighted by Gasteiger charge is -2.24. The number of hydrogen-bond acceptors (Lipinski definition) is 2. The molecule has 0 N–H and O–H groups in total. The topological polar surface area (TPSA) is 26.3 Å². The Morgan fingerprint density at radius 1 is 0.960 bits per heavy atom. The molecule has 1 aliphatic rings. The molecule has 1 aliphatic carbocycles. The second kappa shape index (κ2) is 7.34. The highest BCUT2D eigenvalue weighted by molar-refractivity contribution is 5.75. The molecule has 0 spiro atoms. The summed E-state index contributed by atoms with van der Waals surface area (Å²) in [4.78, 5) is 12.2. The van der Waals surface area contributed by atoms with Crippen LogP contribution in [0.15, 0.2) is 36.4 Å². The third-order valence-corrected chi connectivity index (χ3v) is 5.04. The molecular weight excluding hydrogens is 322 g/mol. The lowest BCUT2D eigenvalue weighted by molar-refractivity contribution is -0.140. The molecule has 0 bridgehead atoms. The van der Waals surface area contributed by atoms with Gasteiger partial charge in [-0.05, 0) is 73.9 Å². The molecule has 132 valence electrons. The standard InChI is InChI=1S/C21H22F2O2/c1-13-3-5-16(6-4-13)21(24)25-18-9-7-15(8-10-18)17-11-19(22)14(2)20(23)12-17/h7-13,16H,3-6H2,1-2H3. The van der Waals surface area contributed by atoms with Crippen molar-refractivity contribution < 1.29 is 18.3 Å². The predicted molar refractivity (Wildman–Crippen MR) is 93.3 cm³/mol. The van der Waals surface area contributed by atoms with Crippen LogP contribution in [0, 0.1) is 30.4 Å². The summed E-state index contributed by atoms with van der Waals surface area (Å²) in [6.07, 6.45) is 3.87. The zero-order valence-electron chi connectivity index (χ0n) is 14.5. The Kier molecular flexibility index (Phi) is 5.16. The van der Waals surface area contributed by atoms with Gasteiger partial charge in [0.2, 0.25) is 0 Å². The van der Waals surface area contributed by atoms with Crippen LogP contribution in [0.2, 0.25) is 0 Å². The van der Waals surface area contributed by atoms with Gasteiger partial charge in [0.1, 0.15) is 17.4 Å². The smallest absolute Gasteiger partial charge is 0.314 e. The van der Waals surface area contributed by atoms with Crippen LogP contribution < -0.4 is 4.74 Å². The van der Waals surface area contributed by atoms with Gasteiger partial charge in [-0.3, -0.25) is 4.79 Å². The molecule has 0 radical (unpaired) electrons. The summed E-state index contributed by atoms with van der Waals surface area (Å²) in [7, 11) is 0. The second-order valence-corrected chi connectivity index (χ2v) is 6.97. The number of carbonyl (C=O) groups excluding carboxylic acids is 1. The average Bonchev–Trinajstić information content (AvgIpc) is 2.60. The highest BCUT2D eigenvalue weighted by Crippen LogP contribution is 2.30. The molecule has 0 amide bonds. The summed E-state index contributed by atoms with van der Waals surface area (Å²) < 4.78 is 32.9. The van der Waals surface area contributed by atoms with Crippen LogP contribution in [0.4, 0.5) is 8.78 Å². The van der Waals surface area contributed by atoms with E-state index in [0.29, 0.717) is 22.8 Å². The summed E-state index contributed by atoms with van der Waals surface area (Å²) in [6.45, 7) is 3.61. The normalized spacial score (nSPS) is 20.3. The van der Waals surface area contributed by atoms with Gasteiger partial charge in [-0.1, -0.05) is 19.1 Å². The summed E-state index contributed by atoms with van der Waals surface area (Å²) in [5.41, 5.74) is 1.14. The van der Waals surface area contributed by atoms with Crippen LogP contribution in [0.1, 0.15) is 38.2 Å². The van der Waals surface area contributed by atoms with E-state index in [2.05, 4.69) is 6.92 Å². The van der Waals surface area contributed by atoms with Gasteiger partial charge in [-0.25, -0.2) is 8.78 Å². The largest absolute Gasteiger partial charge is 0.426 e. The van der Waals surface area contributed by atoms with E-state index in [-0.39, 0.29) is 17.5 Å². The molecule has 1 fully saturated rings. The minimum atomic E-state index is -0.572. The first-order valence-corrected chi connectivity index (χ1v) is 8.72. The second-order valence-electron chi connectivity index (χ2n) is 6.97. The maximum Gasteiger partial charge on any atom is 0.314 e. The van der Waals surface area contributed by atoms with Crippen molar-refractivity contribution in [3.63, 3.8) is 0 Å². The van der Waals surface area contributed by atoms with E-state index in [4.69, 9.17) is 4.74 Å². The Labute approximate surface area is 146 Å². The average molecular weight is 344 g/mol. The minimum absolute atomic E-state index is 0.0103. The first kappa shape index (κ1) is 17.6. The van der Waals surface area contributed by atoms with Gasteiger partial charge < -0.3 is 4.74 Å². The molecule has 2 aromatic rings. The van der Waals surface area contributed by atoms with Crippen molar-refractivity contribution >= 4 is 5.97 Å². The Hall–Kier alpha value is -2.23. The lowest BCUT2D eigenvalue weighted by atomic mass is 9.83. The molecule has 0 saturated heterocycles. The maximum atomic E-state index is 13.7. The summed E-state index contributed by atoms with van der Waals surface area (Å²) in [5.74, 6) is -0.226. The Morgan fingerprint density at radius 2 is 1.52 bits per heavy atom. The molecule has 0 atom stereocenters. The van der Waals surface area contributed by atoms with Gasteiger partial charge in [-0.15, -0.1) is 0 Å². The summed E-state index contributed by atoms with van der Waals surface area (Å²) in [5, 5.41) is 0. The van der Waals surface area contributed by atoms with Gasteiger partial charge in [-0.2, -0.15) is 0 Å². The molecule has 1 saturated carbocycles. The van der Waals surface area contributed by atoms with Gasteiger partial charge in [0.05, 0.1) is 5.92 Å². The fourth-order valence-electron chi connectivity index (χ4n) is 3.22. The van der Waals surface area contributed by atoms with E-state index < -0.39 is 11.6 Å². The first-order valence-electron chi connectivity index (χ1n) is 8.72. The lowest BCUT2D eigenvalue weighted by Crippen LogP contribution is -2.24. The zero-order valence-corrected chi connectivity index (χ0v) is 14.5. The summed E-state index contributed by atoms with van der Waals surface area (Å²) in [6, 6.07) is 9.35. The van der Waals surface area contributed by atoms with Crippen LogP contribution >= 0.6 is 0 Å².